The summed E-state index contributed by atoms with van der Waals surface area (Å²) in [6.07, 6.45) is -5.46. The van der Waals surface area contributed by atoms with Crippen molar-refractivity contribution in [1.29, 1.82) is 0 Å². The smallest absolute Gasteiger partial charge is 0.186 e. The predicted molar refractivity (Wildman–Crippen MR) is 71.8 cm³/mol. The summed E-state index contributed by atoms with van der Waals surface area (Å²) in [4.78, 5) is 2.23. The molecule has 2 fully saturated rings. The van der Waals surface area contributed by atoms with E-state index in [4.69, 9.17) is 18.9 Å². The number of aliphatic hydroxyl groups is 3. The number of hydrogen-bond acceptors (Lipinski definition) is 8. The summed E-state index contributed by atoms with van der Waals surface area (Å²) in [6.45, 7) is 4.68. The van der Waals surface area contributed by atoms with E-state index in [-0.39, 0.29) is 6.61 Å². The van der Waals surface area contributed by atoms with Gasteiger partial charge in [0.25, 0.3) is 0 Å². The van der Waals surface area contributed by atoms with Gasteiger partial charge in [0.2, 0.25) is 0 Å². The molecule has 2 aliphatic heterocycles. The summed E-state index contributed by atoms with van der Waals surface area (Å²) in [7, 11) is 1.37. The van der Waals surface area contributed by atoms with Gasteiger partial charge in [-0.05, 0) is 0 Å². The Kier molecular flexibility index (Phi) is 6.77. The van der Waals surface area contributed by atoms with Crippen molar-refractivity contribution >= 4 is 0 Å². The molecule has 0 saturated carbocycles. The van der Waals surface area contributed by atoms with Crippen molar-refractivity contribution in [3.05, 3.63) is 0 Å². The molecule has 0 amide bonds. The van der Waals surface area contributed by atoms with E-state index in [0.29, 0.717) is 6.61 Å². The highest BCUT2D eigenvalue weighted by molar-refractivity contribution is 4.89. The summed E-state index contributed by atoms with van der Waals surface area (Å²) in [6, 6.07) is 0. The van der Waals surface area contributed by atoms with Crippen LogP contribution in [0.2, 0.25) is 0 Å². The van der Waals surface area contributed by atoms with Crippen molar-refractivity contribution in [1.82, 2.24) is 4.90 Å². The van der Waals surface area contributed by atoms with Crippen LogP contribution in [0.15, 0.2) is 0 Å². The van der Waals surface area contributed by atoms with E-state index in [1.54, 1.807) is 0 Å². The van der Waals surface area contributed by atoms with Gasteiger partial charge in [-0.1, -0.05) is 0 Å². The Balaban J connectivity index is 1.69. The van der Waals surface area contributed by atoms with Crippen molar-refractivity contribution in [2.24, 2.45) is 0 Å². The number of rotatable bonds is 6. The molecule has 0 bridgehead atoms. The van der Waals surface area contributed by atoms with Crippen LogP contribution in [-0.4, -0.2) is 104 Å². The van der Waals surface area contributed by atoms with Gasteiger partial charge in [-0.3, -0.25) is 4.90 Å². The topological polar surface area (TPSA) is 101 Å². The van der Waals surface area contributed by atoms with Gasteiger partial charge >= 0.3 is 0 Å². The lowest BCUT2D eigenvalue weighted by atomic mass is 9.99. The van der Waals surface area contributed by atoms with Crippen LogP contribution in [0, 0.1) is 0 Å². The third-order valence-corrected chi connectivity index (χ3v) is 3.84. The van der Waals surface area contributed by atoms with Gasteiger partial charge in [-0.25, -0.2) is 0 Å². The van der Waals surface area contributed by atoms with E-state index in [0.717, 1.165) is 32.8 Å². The number of methoxy groups -OCH3 is 1. The van der Waals surface area contributed by atoms with Gasteiger partial charge in [0.1, 0.15) is 24.4 Å². The standard InChI is InChI=1S/C13H25NO7/c1-18-13-12(17)11(16)10(15)9(21-13)8-20-7-4-14-2-5-19-6-3-14/h9-13,15-17H,2-8H2,1H3. The second kappa shape index (κ2) is 8.35. The van der Waals surface area contributed by atoms with E-state index in [1.807, 2.05) is 0 Å². The average Bonchev–Trinajstić information content (AvgIpc) is 2.52. The van der Waals surface area contributed by atoms with Crippen LogP contribution in [0.4, 0.5) is 0 Å². The predicted octanol–water partition coefficient (Wildman–Crippen LogP) is -2.21. The van der Waals surface area contributed by atoms with Crippen molar-refractivity contribution in [2.75, 3.05) is 53.2 Å². The number of nitrogens with zero attached hydrogens (tertiary/aromatic N) is 1. The minimum Gasteiger partial charge on any atom is -0.387 e. The molecule has 8 heteroatoms. The van der Waals surface area contributed by atoms with E-state index in [9.17, 15) is 15.3 Å². The van der Waals surface area contributed by atoms with E-state index < -0.39 is 30.7 Å². The summed E-state index contributed by atoms with van der Waals surface area (Å²) in [5.41, 5.74) is 0. The summed E-state index contributed by atoms with van der Waals surface area (Å²) >= 11 is 0. The fraction of sp³-hybridized carbons (Fsp3) is 1.00. The Labute approximate surface area is 124 Å². The van der Waals surface area contributed by atoms with Crippen LogP contribution in [0.25, 0.3) is 0 Å². The number of ether oxygens (including phenoxy) is 4. The zero-order valence-corrected chi connectivity index (χ0v) is 12.3. The molecule has 8 nitrogen and oxygen atoms in total. The normalized spacial score (nSPS) is 38.6. The Morgan fingerprint density at radius 2 is 1.81 bits per heavy atom. The number of aliphatic hydroxyl groups excluding tert-OH is 3. The summed E-state index contributed by atoms with van der Waals surface area (Å²) in [5.74, 6) is 0. The summed E-state index contributed by atoms with van der Waals surface area (Å²) in [5, 5.41) is 29.3. The van der Waals surface area contributed by atoms with Crippen molar-refractivity contribution in [2.45, 2.75) is 30.7 Å². The van der Waals surface area contributed by atoms with Gasteiger partial charge < -0.3 is 34.3 Å². The Morgan fingerprint density at radius 3 is 2.48 bits per heavy atom. The van der Waals surface area contributed by atoms with E-state index in [2.05, 4.69) is 4.90 Å². The second-order valence-corrected chi connectivity index (χ2v) is 5.28. The molecule has 5 atom stereocenters. The van der Waals surface area contributed by atoms with Crippen molar-refractivity contribution in [3.8, 4) is 0 Å². The quantitative estimate of drug-likeness (QED) is 0.475. The molecule has 2 saturated heterocycles. The first kappa shape index (κ1) is 17.0. The van der Waals surface area contributed by atoms with Crippen LogP contribution < -0.4 is 0 Å². The zero-order valence-electron chi connectivity index (χ0n) is 12.3. The van der Waals surface area contributed by atoms with Crippen LogP contribution in [-0.2, 0) is 18.9 Å². The van der Waals surface area contributed by atoms with Gasteiger partial charge in [-0.15, -0.1) is 0 Å². The Hall–Kier alpha value is -0.320. The van der Waals surface area contributed by atoms with E-state index >= 15 is 0 Å². The highest BCUT2D eigenvalue weighted by Crippen LogP contribution is 2.21. The van der Waals surface area contributed by atoms with E-state index in [1.165, 1.54) is 7.11 Å². The van der Waals surface area contributed by atoms with Crippen LogP contribution >= 0.6 is 0 Å². The highest BCUT2D eigenvalue weighted by atomic mass is 16.7. The molecule has 0 aromatic heterocycles. The zero-order chi connectivity index (χ0) is 15.2. The molecule has 0 radical (unpaired) electrons. The minimum atomic E-state index is -1.31. The van der Waals surface area contributed by atoms with Crippen LogP contribution in [0.3, 0.4) is 0 Å². The lowest BCUT2D eigenvalue weighted by molar-refractivity contribution is -0.296. The number of morpholine rings is 1. The lowest BCUT2D eigenvalue weighted by Gasteiger charge is -2.39. The molecule has 124 valence electrons. The Morgan fingerprint density at radius 1 is 1.10 bits per heavy atom. The molecule has 2 heterocycles. The highest BCUT2D eigenvalue weighted by Gasteiger charge is 2.43. The minimum absolute atomic E-state index is 0.134. The molecule has 5 unspecified atom stereocenters. The SMILES string of the molecule is COC1OC(COCCN2CCOCC2)C(O)C(O)C1O. The molecule has 0 aromatic carbocycles. The first-order valence-corrected chi connectivity index (χ1v) is 7.23. The molecule has 0 aliphatic carbocycles. The molecule has 2 rings (SSSR count). The fourth-order valence-corrected chi connectivity index (χ4v) is 2.47. The molecule has 21 heavy (non-hydrogen) atoms. The molecule has 2 aliphatic rings. The molecule has 0 spiro atoms. The van der Waals surface area contributed by atoms with Crippen molar-refractivity contribution in [3.63, 3.8) is 0 Å². The molecule has 0 aromatic rings. The van der Waals surface area contributed by atoms with Gasteiger partial charge in [0.15, 0.2) is 6.29 Å². The van der Waals surface area contributed by atoms with Gasteiger partial charge in [0.05, 0.1) is 26.4 Å². The fourth-order valence-electron chi connectivity index (χ4n) is 2.47. The average molecular weight is 307 g/mol. The largest absolute Gasteiger partial charge is 0.387 e. The Bertz CT molecular complexity index is 298. The molecular formula is C13H25NO7. The van der Waals surface area contributed by atoms with Crippen LogP contribution in [0.1, 0.15) is 0 Å². The van der Waals surface area contributed by atoms with Gasteiger partial charge in [-0.2, -0.15) is 0 Å². The maximum absolute atomic E-state index is 9.87. The monoisotopic (exact) mass is 307 g/mol. The first-order valence-electron chi connectivity index (χ1n) is 7.23. The third-order valence-electron chi connectivity index (χ3n) is 3.84. The second-order valence-electron chi connectivity index (χ2n) is 5.28. The maximum atomic E-state index is 9.87. The molecule has 3 N–H and O–H groups in total. The maximum Gasteiger partial charge on any atom is 0.186 e. The summed E-state index contributed by atoms with van der Waals surface area (Å²) < 4.78 is 21.1. The lowest BCUT2D eigenvalue weighted by Crippen LogP contribution is -2.59. The third kappa shape index (κ3) is 4.57. The van der Waals surface area contributed by atoms with Gasteiger partial charge in [0, 0.05) is 26.7 Å². The van der Waals surface area contributed by atoms with Crippen LogP contribution in [0.5, 0.6) is 0 Å². The van der Waals surface area contributed by atoms with Crippen molar-refractivity contribution < 1.29 is 34.3 Å². The first-order chi connectivity index (χ1) is 10.1. The molecular weight excluding hydrogens is 282 g/mol. The number of hydrogen-bond donors (Lipinski definition) is 3.